The second-order valence-electron chi connectivity index (χ2n) is 4.51. The molecule has 0 saturated carbocycles. The molecule has 0 aromatic rings. The molecule has 0 amide bonds. The molecule has 2 saturated heterocycles. The van der Waals surface area contributed by atoms with E-state index in [0.717, 1.165) is 12.0 Å². The summed E-state index contributed by atoms with van der Waals surface area (Å²) < 4.78 is 0. The maximum Gasteiger partial charge on any atom is 0.0317 e. The highest BCUT2D eigenvalue weighted by molar-refractivity contribution is 4.83. The summed E-state index contributed by atoms with van der Waals surface area (Å²) in [5, 5.41) is 6.91. The lowest BCUT2D eigenvalue weighted by atomic mass is 9.96. The van der Waals surface area contributed by atoms with Crippen LogP contribution in [0.15, 0.2) is 0 Å². The van der Waals surface area contributed by atoms with Crippen LogP contribution in [0.25, 0.3) is 0 Å². The SMILES string of the molecule is CN1CCC(CNC2CNC2)CC1. The summed E-state index contributed by atoms with van der Waals surface area (Å²) in [7, 11) is 2.22. The zero-order valence-electron chi connectivity index (χ0n) is 8.55. The van der Waals surface area contributed by atoms with Gasteiger partial charge in [-0.05, 0) is 45.4 Å². The number of piperidine rings is 1. The van der Waals surface area contributed by atoms with Gasteiger partial charge in [-0.25, -0.2) is 0 Å². The Morgan fingerprint density at radius 2 is 2.00 bits per heavy atom. The molecule has 3 nitrogen and oxygen atoms in total. The molecule has 0 atom stereocenters. The third kappa shape index (κ3) is 2.66. The first-order valence-corrected chi connectivity index (χ1v) is 5.47. The minimum Gasteiger partial charge on any atom is -0.314 e. The normalized spacial score (nSPS) is 27.5. The van der Waals surface area contributed by atoms with E-state index in [2.05, 4.69) is 22.6 Å². The Morgan fingerprint density at radius 3 is 2.54 bits per heavy atom. The predicted octanol–water partition coefficient (Wildman–Crippen LogP) is -0.110. The van der Waals surface area contributed by atoms with Crippen LogP contribution in [0.5, 0.6) is 0 Å². The molecular weight excluding hydrogens is 162 g/mol. The second kappa shape index (κ2) is 4.40. The Hall–Kier alpha value is -0.120. The molecule has 2 N–H and O–H groups in total. The summed E-state index contributed by atoms with van der Waals surface area (Å²) in [5.74, 6) is 0.928. The predicted molar refractivity (Wildman–Crippen MR) is 54.9 cm³/mol. The van der Waals surface area contributed by atoms with Crippen LogP contribution < -0.4 is 10.6 Å². The van der Waals surface area contributed by atoms with Gasteiger partial charge < -0.3 is 15.5 Å². The first-order chi connectivity index (χ1) is 6.34. The summed E-state index contributed by atoms with van der Waals surface area (Å²) in [6.07, 6.45) is 2.76. The lowest BCUT2D eigenvalue weighted by molar-refractivity contribution is 0.207. The van der Waals surface area contributed by atoms with Gasteiger partial charge in [0.1, 0.15) is 0 Å². The second-order valence-corrected chi connectivity index (χ2v) is 4.51. The summed E-state index contributed by atoms with van der Waals surface area (Å²) in [6.45, 7) is 6.16. The van der Waals surface area contributed by atoms with Crippen LogP contribution in [0.3, 0.4) is 0 Å². The first kappa shape index (κ1) is 9.44. The van der Waals surface area contributed by atoms with Crippen molar-refractivity contribution in [2.75, 3.05) is 39.8 Å². The maximum atomic E-state index is 3.62. The van der Waals surface area contributed by atoms with Crippen molar-refractivity contribution in [3.63, 3.8) is 0 Å². The van der Waals surface area contributed by atoms with Gasteiger partial charge in [0.2, 0.25) is 0 Å². The molecule has 0 spiro atoms. The van der Waals surface area contributed by atoms with Crippen molar-refractivity contribution in [1.29, 1.82) is 0 Å². The highest BCUT2D eigenvalue weighted by atomic mass is 15.1. The van der Waals surface area contributed by atoms with Gasteiger partial charge in [0.25, 0.3) is 0 Å². The van der Waals surface area contributed by atoms with Gasteiger partial charge in [-0.1, -0.05) is 0 Å². The van der Waals surface area contributed by atoms with Gasteiger partial charge in [-0.15, -0.1) is 0 Å². The van der Waals surface area contributed by atoms with E-state index in [0.29, 0.717) is 0 Å². The van der Waals surface area contributed by atoms with Gasteiger partial charge in [-0.2, -0.15) is 0 Å². The fraction of sp³-hybridized carbons (Fsp3) is 1.00. The minimum atomic E-state index is 0.764. The maximum absolute atomic E-state index is 3.62. The van der Waals surface area contributed by atoms with Crippen molar-refractivity contribution in [3.05, 3.63) is 0 Å². The lowest BCUT2D eigenvalue weighted by Gasteiger charge is -2.33. The van der Waals surface area contributed by atoms with Crippen molar-refractivity contribution in [2.24, 2.45) is 5.92 Å². The van der Waals surface area contributed by atoms with Crippen LogP contribution in [-0.4, -0.2) is 50.7 Å². The van der Waals surface area contributed by atoms with E-state index < -0.39 is 0 Å². The molecule has 2 aliphatic heterocycles. The van der Waals surface area contributed by atoms with Crippen LogP contribution in [0.2, 0.25) is 0 Å². The molecule has 13 heavy (non-hydrogen) atoms. The standard InChI is InChI=1S/C10H21N3/c1-13-4-2-9(3-5-13)6-12-10-7-11-8-10/h9-12H,2-8H2,1H3. The fourth-order valence-corrected chi connectivity index (χ4v) is 2.03. The zero-order chi connectivity index (χ0) is 9.10. The van der Waals surface area contributed by atoms with Gasteiger partial charge >= 0.3 is 0 Å². The number of nitrogens with one attached hydrogen (secondary N) is 2. The third-order valence-electron chi connectivity index (χ3n) is 3.31. The Balaban J connectivity index is 1.59. The molecule has 76 valence electrons. The Labute approximate surface area is 80.9 Å². The molecule has 2 fully saturated rings. The van der Waals surface area contributed by atoms with Crippen LogP contribution >= 0.6 is 0 Å². The molecule has 0 aromatic heterocycles. The lowest BCUT2D eigenvalue weighted by Crippen LogP contribution is -2.56. The molecule has 0 radical (unpaired) electrons. The molecule has 2 heterocycles. The highest BCUT2D eigenvalue weighted by Gasteiger charge is 2.20. The number of rotatable bonds is 3. The third-order valence-corrected chi connectivity index (χ3v) is 3.31. The largest absolute Gasteiger partial charge is 0.314 e. The summed E-state index contributed by atoms with van der Waals surface area (Å²) >= 11 is 0. The van der Waals surface area contributed by atoms with Crippen LogP contribution in [0.4, 0.5) is 0 Å². The van der Waals surface area contributed by atoms with E-state index >= 15 is 0 Å². The molecular formula is C10H21N3. The van der Waals surface area contributed by atoms with Crippen LogP contribution in [-0.2, 0) is 0 Å². The van der Waals surface area contributed by atoms with E-state index in [-0.39, 0.29) is 0 Å². The molecule has 0 unspecified atom stereocenters. The van der Waals surface area contributed by atoms with Crippen LogP contribution in [0.1, 0.15) is 12.8 Å². The van der Waals surface area contributed by atoms with Crippen molar-refractivity contribution in [2.45, 2.75) is 18.9 Å². The smallest absolute Gasteiger partial charge is 0.0317 e. The van der Waals surface area contributed by atoms with E-state index in [1.165, 1.54) is 45.6 Å². The summed E-state index contributed by atoms with van der Waals surface area (Å²) in [6, 6.07) is 0.764. The summed E-state index contributed by atoms with van der Waals surface area (Å²) in [4.78, 5) is 2.43. The summed E-state index contributed by atoms with van der Waals surface area (Å²) in [5.41, 5.74) is 0. The van der Waals surface area contributed by atoms with E-state index in [1.807, 2.05) is 0 Å². The van der Waals surface area contributed by atoms with Gasteiger partial charge in [0.15, 0.2) is 0 Å². The van der Waals surface area contributed by atoms with E-state index in [1.54, 1.807) is 0 Å². The van der Waals surface area contributed by atoms with Gasteiger partial charge in [0.05, 0.1) is 0 Å². The fourth-order valence-electron chi connectivity index (χ4n) is 2.03. The van der Waals surface area contributed by atoms with Crippen molar-refractivity contribution >= 4 is 0 Å². The topological polar surface area (TPSA) is 27.3 Å². The van der Waals surface area contributed by atoms with Gasteiger partial charge in [0, 0.05) is 19.1 Å². The average molecular weight is 183 g/mol. The molecule has 0 aromatic carbocycles. The molecule has 2 rings (SSSR count). The van der Waals surface area contributed by atoms with Crippen molar-refractivity contribution in [1.82, 2.24) is 15.5 Å². The molecule has 3 heteroatoms. The number of nitrogens with zero attached hydrogens (tertiary/aromatic N) is 1. The molecule has 0 aliphatic carbocycles. The Morgan fingerprint density at radius 1 is 1.31 bits per heavy atom. The van der Waals surface area contributed by atoms with E-state index in [4.69, 9.17) is 0 Å². The molecule has 2 aliphatic rings. The average Bonchev–Trinajstić information content (AvgIpc) is 2.05. The Kier molecular flexibility index (Phi) is 3.19. The zero-order valence-corrected chi connectivity index (χ0v) is 8.55. The monoisotopic (exact) mass is 183 g/mol. The highest BCUT2D eigenvalue weighted by Crippen LogP contribution is 2.14. The first-order valence-electron chi connectivity index (χ1n) is 5.47. The number of hydrogen-bond donors (Lipinski definition) is 2. The minimum absolute atomic E-state index is 0.764. The van der Waals surface area contributed by atoms with Crippen molar-refractivity contribution in [3.8, 4) is 0 Å². The number of hydrogen-bond acceptors (Lipinski definition) is 3. The number of likely N-dealkylation sites (tertiary alicyclic amines) is 1. The van der Waals surface area contributed by atoms with Crippen LogP contribution in [0, 0.1) is 5.92 Å². The Bertz CT molecular complexity index is 148. The van der Waals surface area contributed by atoms with Gasteiger partial charge in [-0.3, -0.25) is 0 Å². The molecule has 0 bridgehead atoms. The quantitative estimate of drug-likeness (QED) is 0.639. The van der Waals surface area contributed by atoms with E-state index in [9.17, 15) is 0 Å². The van der Waals surface area contributed by atoms with Crippen molar-refractivity contribution < 1.29 is 0 Å².